The van der Waals surface area contributed by atoms with E-state index in [2.05, 4.69) is 9.47 Å². The van der Waals surface area contributed by atoms with E-state index >= 15 is 0 Å². The van der Waals surface area contributed by atoms with Crippen molar-refractivity contribution < 1.29 is 19.1 Å². The van der Waals surface area contributed by atoms with Crippen molar-refractivity contribution in [1.82, 2.24) is 5.73 Å². The highest BCUT2D eigenvalue weighted by atomic mass is 16.7. The SMILES string of the molecule is CC(C)(C)C(=O)OCOC([NH])=O. The summed E-state index contributed by atoms with van der Waals surface area (Å²) < 4.78 is 8.61. The van der Waals surface area contributed by atoms with E-state index in [4.69, 9.17) is 5.73 Å². The first-order valence-corrected chi connectivity index (χ1v) is 3.39. The molecular weight excluding hydrogens is 162 g/mol. The Balaban J connectivity index is 3.66. The number of rotatable bonds is 2. The fourth-order valence-electron chi connectivity index (χ4n) is 0.353. The standard InChI is InChI=1S/C7H12NO4/c1-7(2,3)5(9)11-4-12-6(8)10/h8H,4H2,1-3H3. The van der Waals surface area contributed by atoms with Crippen molar-refractivity contribution in [3.63, 3.8) is 0 Å². The number of carbonyl (C=O) groups is 2. The highest BCUT2D eigenvalue weighted by Gasteiger charge is 2.23. The molecular formula is C7H12NO4. The minimum absolute atomic E-state index is 0.469. The second kappa shape index (κ2) is 3.94. The summed E-state index contributed by atoms with van der Waals surface area (Å²) in [4.78, 5) is 20.9. The highest BCUT2D eigenvalue weighted by molar-refractivity contribution is 5.75. The van der Waals surface area contributed by atoms with Crippen LogP contribution in [0.3, 0.4) is 0 Å². The van der Waals surface area contributed by atoms with Crippen LogP contribution < -0.4 is 5.73 Å². The molecule has 1 radical (unpaired) electrons. The van der Waals surface area contributed by atoms with Crippen molar-refractivity contribution in [3.8, 4) is 0 Å². The van der Waals surface area contributed by atoms with Crippen LogP contribution in [0.2, 0.25) is 0 Å². The van der Waals surface area contributed by atoms with E-state index in [1.807, 2.05) is 0 Å². The summed E-state index contributed by atoms with van der Waals surface area (Å²) in [6, 6.07) is 0. The quantitative estimate of drug-likeness (QED) is 0.461. The van der Waals surface area contributed by atoms with Gasteiger partial charge in [-0.1, -0.05) is 0 Å². The zero-order chi connectivity index (χ0) is 9.78. The van der Waals surface area contributed by atoms with E-state index in [-0.39, 0.29) is 0 Å². The highest BCUT2D eigenvalue weighted by Crippen LogP contribution is 2.14. The zero-order valence-electron chi connectivity index (χ0n) is 7.34. The molecule has 0 aliphatic heterocycles. The van der Waals surface area contributed by atoms with Gasteiger partial charge in [0.25, 0.3) is 0 Å². The van der Waals surface area contributed by atoms with Crippen LogP contribution in [-0.2, 0) is 14.3 Å². The normalized spacial score (nSPS) is 10.6. The van der Waals surface area contributed by atoms with Crippen LogP contribution in [0.15, 0.2) is 0 Å². The number of nitrogens with one attached hydrogen (secondary N) is 1. The van der Waals surface area contributed by atoms with Crippen molar-refractivity contribution in [3.05, 3.63) is 0 Å². The van der Waals surface area contributed by atoms with Gasteiger partial charge < -0.3 is 9.47 Å². The fraction of sp³-hybridized carbons (Fsp3) is 0.714. The Kier molecular flexibility index (Phi) is 3.53. The number of esters is 1. The smallest absolute Gasteiger partial charge is 0.427 e. The molecule has 5 heteroatoms. The Morgan fingerprint density at radius 3 is 2.08 bits per heavy atom. The van der Waals surface area contributed by atoms with E-state index < -0.39 is 24.3 Å². The molecule has 0 fully saturated rings. The molecule has 0 aliphatic carbocycles. The van der Waals surface area contributed by atoms with Crippen molar-refractivity contribution in [2.45, 2.75) is 20.8 Å². The van der Waals surface area contributed by atoms with Crippen LogP contribution in [-0.4, -0.2) is 18.9 Å². The third-order valence-corrected chi connectivity index (χ3v) is 0.992. The first kappa shape index (κ1) is 10.7. The average molecular weight is 174 g/mol. The van der Waals surface area contributed by atoms with E-state index in [9.17, 15) is 9.59 Å². The van der Waals surface area contributed by atoms with E-state index in [0.717, 1.165) is 0 Å². The van der Waals surface area contributed by atoms with Crippen LogP contribution in [0, 0.1) is 5.41 Å². The first-order valence-electron chi connectivity index (χ1n) is 3.39. The molecule has 0 aromatic carbocycles. The lowest BCUT2D eigenvalue weighted by Crippen LogP contribution is -2.24. The van der Waals surface area contributed by atoms with Gasteiger partial charge in [0.1, 0.15) is 0 Å². The zero-order valence-corrected chi connectivity index (χ0v) is 7.34. The minimum Gasteiger partial charge on any atom is -0.427 e. The third-order valence-electron chi connectivity index (χ3n) is 0.992. The van der Waals surface area contributed by atoms with Crippen LogP contribution in [0.4, 0.5) is 4.79 Å². The Bertz CT molecular complexity index is 182. The molecule has 12 heavy (non-hydrogen) atoms. The molecule has 1 N–H and O–H groups in total. The van der Waals surface area contributed by atoms with Crippen molar-refractivity contribution >= 4 is 12.1 Å². The second-order valence-corrected chi connectivity index (χ2v) is 3.23. The molecule has 69 valence electrons. The Labute approximate surface area is 70.8 Å². The van der Waals surface area contributed by atoms with Gasteiger partial charge in [-0.15, -0.1) is 0 Å². The topological polar surface area (TPSA) is 76.4 Å². The third kappa shape index (κ3) is 4.54. The molecule has 0 bridgehead atoms. The summed E-state index contributed by atoms with van der Waals surface area (Å²) >= 11 is 0. The molecule has 0 aromatic heterocycles. The number of hydrogen-bond acceptors (Lipinski definition) is 4. The molecule has 0 aromatic rings. The number of ether oxygens (including phenoxy) is 2. The van der Waals surface area contributed by atoms with Crippen molar-refractivity contribution in [2.75, 3.05) is 6.79 Å². The predicted molar refractivity (Wildman–Crippen MR) is 40.0 cm³/mol. The Morgan fingerprint density at radius 2 is 1.75 bits per heavy atom. The van der Waals surface area contributed by atoms with Crippen LogP contribution >= 0.6 is 0 Å². The van der Waals surface area contributed by atoms with Gasteiger partial charge in [0.2, 0.25) is 6.79 Å². The van der Waals surface area contributed by atoms with Crippen LogP contribution in [0.25, 0.3) is 0 Å². The monoisotopic (exact) mass is 174 g/mol. The summed E-state index contributed by atoms with van der Waals surface area (Å²) in [6.07, 6.45) is -1.21. The molecule has 0 atom stereocenters. The first-order chi connectivity index (χ1) is 5.34. The van der Waals surface area contributed by atoms with Crippen LogP contribution in [0.1, 0.15) is 20.8 Å². The summed E-state index contributed by atoms with van der Waals surface area (Å²) in [5.41, 5.74) is 5.71. The molecule has 1 amide bonds. The van der Waals surface area contributed by atoms with Gasteiger partial charge in [0.15, 0.2) is 0 Å². The Morgan fingerprint density at radius 1 is 1.25 bits per heavy atom. The Hall–Kier alpha value is -1.26. The van der Waals surface area contributed by atoms with Crippen LogP contribution in [0.5, 0.6) is 0 Å². The predicted octanol–water partition coefficient (Wildman–Crippen LogP) is 0.953. The minimum atomic E-state index is -1.21. The summed E-state index contributed by atoms with van der Waals surface area (Å²) in [5.74, 6) is -0.469. The molecule has 0 spiro atoms. The van der Waals surface area contributed by atoms with E-state index in [1.165, 1.54) is 0 Å². The maximum Gasteiger partial charge on any atom is 0.429 e. The molecule has 0 rings (SSSR count). The lowest BCUT2D eigenvalue weighted by molar-refractivity contribution is -0.161. The summed E-state index contributed by atoms with van der Waals surface area (Å²) in [5, 5.41) is 0. The van der Waals surface area contributed by atoms with Gasteiger partial charge in [0.05, 0.1) is 5.41 Å². The average Bonchev–Trinajstić information content (AvgIpc) is 1.84. The van der Waals surface area contributed by atoms with Gasteiger partial charge in [-0.3, -0.25) is 4.79 Å². The molecule has 0 saturated carbocycles. The van der Waals surface area contributed by atoms with Gasteiger partial charge in [0, 0.05) is 0 Å². The molecule has 0 aliphatic rings. The fourth-order valence-corrected chi connectivity index (χ4v) is 0.353. The molecule has 0 heterocycles. The van der Waals surface area contributed by atoms with Gasteiger partial charge in [-0.25, -0.2) is 10.5 Å². The maximum absolute atomic E-state index is 11.0. The molecule has 0 saturated heterocycles. The number of carbonyl (C=O) groups excluding carboxylic acids is 2. The van der Waals surface area contributed by atoms with E-state index in [0.29, 0.717) is 0 Å². The molecule has 0 unspecified atom stereocenters. The van der Waals surface area contributed by atoms with E-state index in [1.54, 1.807) is 20.8 Å². The lowest BCUT2D eigenvalue weighted by Gasteiger charge is -2.15. The number of amides is 1. The van der Waals surface area contributed by atoms with Crippen molar-refractivity contribution in [1.29, 1.82) is 0 Å². The maximum atomic E-state index is 11.0. The number of hydrogen-bond donors (Lipinski definition) is 0. The largest absolute Gasteiger partial charge is 0.429 e. The van der Waals surface area contributed by atoms with Gasteiger partial charge >= 0.3 is 12.1 Å². The van der Waals surface area contributed by atoms with Gasteiger partial charge in [-0.05, 0) is 20.8 Å². The summed E-state index contributed by atoms with van der Waals surface area (Å²) in [6.45, 7) is 4.55. The molecule has 5 nitrogen and oxygen atoms in total. The second-order valence-electron chi connectivity index (χ2n) is 3.23. The van der Waals surface area contributed by atoms with Crippen molar-refractivity contribution in [2.24, 2.45) is 5.41 Å². The van der Waals surface area contributed by atoms with Gasteiger partial charge in [-0.2, -0.15) is 0 Å². The lowest BCUT2D eigenvalue weighted by atomic mass is 9.98. The summed E-state index contributed by atoms with van der Waals surface area (Å²) in [7, 11) is 0.